The molecule has 1 aliphatic rings. The van der Waals surface area contributed by atoms with Crippen molar-refractivity contribution in [3.05, 3.63) is 30.7 Å². The van der Waals surface area contributed by atoms with Gasteiger partial charge in [0.15, 0.2) is 0 Å². The highest BCUT2D eigenvalue weighted by molar-refractivity contribution is 5.58. The minimum absolute atomic E-state index is 0.552. The molecule has 2 heterocycles. The molecule has 0 saturated carbocycles. The lowest BCUT2D eigenvalue weighted by Crippen LogP contribution is -2.22. The first-order valence-electron chi connectivity index (χ1n) is 6.60. The van der Waals surface area contributed by atoms with Gasteiger partial charge < -0.3 is 14.5 Å². The molecule has 0 atom stereocenters. The summed E-state index contributed by atoms with van der Waals surface area (Å²) in [6.45, 7) is 2.79. The molecule has 0 unspecified atom stereocenters. The van der Waals surface area contributed by atoms with E-state index in [1.54, 1.807) is 0 Å². The monoisotopic (exact) mass is 259 g/mol. The van der Waals surface area contributed by atoms with Crippen molar-refractivity contribution < 1.29 is 9.15 Å². The lowest BCUT2D eigenvalue weighted by molar-refractivity contribution is 0.0699. The number of ether oxygens (including phenoxy) is 1. The summed E-state index contributed by atoms with van der Waals surface area (Å²) in [6.07, 6.45) is 3.63. The molecule has 0 amide bonds. The zero-order valence-electron chi connectivity index (χ0n) is 10.7. The van der Waals surface area contributed by atoms with Crippen LogP contribution in [0.1, 0.15) is 12.8 Å². The van der Waals surface area contributed by atoms with E-state index in [1.807, 2.05) is 24.3 Å². The summed E-state index contributed by atoms with van der Waals surface area (Å²) < 4.78 is 10.5. The zero-order chi connectivity index (χ0) is 12.9. The molecule has 1 saturated heterocycles. The van der Waals surface area contributed by atoms with Gasteiger partial charge in [-0.25, -0.2) is 0 Å². The predicted octanol–water partition coefficient (Wildman–Crippen LogP) is 2.58. The first kappa shape index (κ1) is 12.2. The standard InChI is InChI=1S/C14H17N3O2/c1-3-13(15-9-11-5-7-18-8-6-11)4-2-12(1)14-17-16-10-19-14/h1-4,10-11,15H,5-9H2. The molecule has 3 rings (SSSR count). The van der Waals surface area contributed by atoms with Crippen LogP contribution in [-0.2, 0) is 4.74 Å². The van der Waals surface area contributed by atoms with Gasteiger partial charge in [-0.15, -0.1) is 10.2 Å². The van der Waals surface area contributed by atoms with Crippen molar-refractivity contribution >= 4 is 5.69 Å². The molecule has 0 spiro atoms. The Labute approximate surface area is 112 Å². The van der Waals surface area contributed by atoms with E-state index in [0.29, 0.717) is 11.8 Å². The van der Waals surface area contributed by atoms with Crippen LogP contribution in [0.2, 0.25) is 0 Å². The van der Waals surface area contributed by atoms with Gasteiger partial charge in [-0.05, 0) is 43.0 Å². The summed E-state index contributed by atoms with van der Waals surface area (Å²) >= 11 is 0. The van der Waals surface area contributed by atoms with Crippen molar-refractivity contribution in [3.63, 3.8) is 0 Å². The molecule has 100 valence electrons. The van der Waals surface area contributed by atoms with Crippen LogP contribution in [-0.4, -0.2) is 30.0 Å². The third-order valence-corrected chi connectivity index (χ3v) is 3.43. The summed E-state index contributed by atoms with van der Waals surface area (Å²) in [5.41, 5.74) is 2.06. The van der Waals surface area contributed by atoms with E-state index in [2.05, 4.69) is 15.5 Å². The fraction of sp³-hybridized carbons (Fsp3) is 0.429. The number of anilines is 1. The smallest absolute Gasteiger partial charge is 0.247 e. The topological polar surface area (TPSA) is 60.2 Å². The Morgan fingerprint density at radius 3 is 2.63 bits per heavy atom. The number of hydrogen-bond donors (Lipinski definition) is 1. The maximum atomic E-state index is 5.36. The van der Waals surface area contributed by atoms with Gasteiger partial charge in [0.2, 0.25) is 12.3 Å². The fourth-order valence-electron chi connectivity index (χ4n) is 2.24. The highest BCUT2D eigenvalue weighted by Gasteiger charge is 2.13. The van der Waals surface area contributed by atoms with E-state index in [-0.39, 0.29) is 0 Å². The van der Waals surface area contributed by atoms with Gasteiger partial charge in [-0.2, -0.15) is 0 Å². The second-order valence-electron chi connectivity index (χ2n) is 4.76. The van der Waals surface area contributed by atoms with Gasteiger partial charge >= 0.3 is 0 Å². The van der Waals surface area contributed by atoms with Crippen LogP contribution < -0.4 is 5.32 Å². The Balaban J connectivity index is 1.57. The third-order valence-electron chi connectivity index (χ3n) is 3.43. The van der Waals surface area contributed by atoms with Gasteiger partial charge in [0.25, 0.3) is 0 Å². The van der Waals surface area contributed by atoms with E-state index in [9.17, 15) is 0 Å². The van der Waals surface area contributed by atoms with Crippen molar-refractivity contribution in [2.75, 3.05) is 25.1 Å². The van der Waals surface area contributed by atoms with Gasteiger partial charge in [-0.1, -0.05) is 0 Å². The normalized spacial score (nSPS) is 16.4. The number of nitrogens with one attached hydrogen (secondary N) is 1. The Morgan fingerprint density at radius 2 is 1.95 bits per heavy atom. The molecule has 1 aromatic carbocycles. The van der Waals surface area contributed by atoms with E-state index in [0.717, 1.165) is 43.9 Å². The van der Waals surface area contributed by atoms with Gasteiger partial charge in [0, 0.05) is 31.0 Å². The fourth-order valence-corrected chi connectivity index (χ4v) is 2.24. The molecule has 0 aliphatic carbocycles. The maximum absolute atomic E-state index is 5.36. The van der Waals surface area contributed by atoms with Crippen molar-refractivity contribution in [1.29, 1.82) is 0 Å². The highest BCUT2D eigenvalue weighted by Crippen LogP contribution is 2.20. The molecule has 19 heavy (non-hydrogen) atoms. The van der Waals surface area contributed by atoms with Crippen molar-refractivity contribution in [3.8, 4) is 11.5 Å². The van der Waals surface area contributed by atoms with Crippen molar-refractivity contribution in [1.82, 2.24) is 10.2 Å². The molecular weight excluding hydrogens is 242 g/mol. The van der Waals surface area contributed by atoms with Crippen LogP contribution in [0, 0.1) is 5.92 Å². The molecule has 1 aliphatic heterocycles. The van der Waals surface area contributed by atoms with Crippen LogP contribution in [0.4, 0.5) is 5.69 Å². The number of aromatic nitrogens is 2. The molecule has 1 aromatic heterocycles. The second-order valence-corrected chi connectivity index (χ2v) is 4.76. The van der Waals surface area contributed by atoms with Crippen LogP contribution in [0.15, 0.2) is 35.1 Å². The van der Waals surface area contributed by atoms with E-state index < -0.39 is 0 Å². The molecule has 5 nitrogen and oxygen atoms in total. The minimum Gasteiger partial charge on any atom is -0.423 e. The molecule has 1 fully saturated rings. The SMILES string of the molecule is c1nnc(-c2ccc(NCC3CCOCC3)cc2)o1. The Hall–Kier alpha value is -1.88. The number of hydrogen-bond acceptors (Lipinski definition) is 5. The lowest BCUT2D eigenvalue weighted by atomic mass is 10.0. The average Bonchev–Trinajstić information content (AvgIpc) is 3.01. The summed E-state index contributed by atoms with van der Waals surface area (Å²) in [5.74, 6) is 1.26. The predicted molar refractivity (Wildman–Crippen MR) is 71.8 cm³/mol. The summed E-state index contributed by atoms with van der Waals surface area (Å²) in [6, 6.07) is 8.05. The number of nitrogens with zero attached hydrogens (tertiary/aromatic N) is 2. The number of rotatable bonds is 4. The number of benzene rings is 1. The maximum Gasteiger partial charge on any atom is 0.247 e. The molecule has 0 bridgehead atoms. The lowest BCUT2D eigenvalue weighted by Gasteiger charge is -2.22. The Bertz CT molecular complexity index is 490. The van der Waals surface area contributed by atoms with Crippen LogP contribution >= 0.6 is 0 Å². The largest absolute Gasteiger partial charge is 0.423 e. The molecular formula is C14H17N3O2. The molecule has 5 heteroatoms. The zero-order valence-corrected chi connectivity index (χ0v) is 10.7. The first-order valence-corrected chi connectivity index (χ1v) is 6.60. The van der Waals surface area contributed by atoms with Crippen LogP contribution in [0.3, 0.4) is 0 Å². The van der Waals surface area contributed by atoms with E-state index in [4.69, 9.17) is 9.15 Å². The summed E-state index contributed by atoms with van der Waals surface area (Å²) in [7, 11) is 0. The third kappa shape index (κ3) is 3.12. The summed E-state index contributed by atoms with van der Waals surface area (Å²) in [5, 5.41) is 11.0. The Morgan fingerprint density at radius 1 is 1.16 bits per heavy atom. The molecule has 1 N–H and O–H groups in total. The highest BCUT2D eigenvalue weighted by atomic mass is 16.5. The minimum atomic E-state index is 0.552. The van der Waals surface area contributed by atoms with Crippen molar-refractivity contribution in [2.45, 2.75) is 12.8 Å². The Kier molecular flexibility index (Phi) is 3.74. The van der Waals surface area contributed by atoms with Gasteiger partial charge in [0.1, 0.15) is 0 Å². The van der Waals surface area contributed by atoms with E-state index in [1.165, 1.54) is 6.39 Å². The van der Waals surface area contributed by atoms with E-state index >= 15 is 0 Å². The summed E-state index contributed by atoms with van der Waals surface area (Å²) in [4.78, 5) is 0. The molecule has 0 radical (unpaired) electrons. The molecule has 2 aromatic rings. The van der Waals surface area contributed by atoms with Gasteiger partial charge in [-0.3, -0.25) is 0 Å². The van der Waals surface area contributed by atoms with Gasteiger partial charge in [0.05, 0.1) is 0 Å². The van der Waals surface area contributed by atoms with Crippen LogP contribution in [0.25, 0.3) is 11.5 Å². The average molecular weight is 259 g/mol. The second kappa shape index (κ2) is 5.84. The quantitative estimate of drug-likeness (QED) is 0.914. The van der Waals surface area contributed by atoms with Crippen molar-refractivity contribution in [2.24, 2.45) is 5.92 Å². The first-order chi connectivity index (χ1) is 9.42. The van der Waals surface area contributed by atoms with Crippen LogP contribution in [0.5, 0.6) is 0 Å².